The Hall–Kier alpha value is -7.08. The van der Waals surface area contributed by atoms with E-state index in [2.05, 4.69) is 48.1 Å². The van der Waals surface area contributed by atoms with E-state index in [0.29, 0.717) is 41.0 Å². The molecule has 0 saturated carbocycles. The molecule has 2 aromatic carbocycles. The lowest BCUT2D eigenvalue weighted by Crippen LogP contribution is -2.21. The van der Waals surface area contributed by atoms with Gasteiger partial charge in [-0.25, -0.2) is 29.9 Å². The first-order valence-corrected chi connectivity index (χ1v) is 16.8. The number of nitrogens with zero attached hydrogens (tertiary/aromatic N) is 9. The Morgan fingerprint density at radius 2 is 1.04 bits per heavy atom. The number of ether oxygens (including phenoxy) is 1. The van der Waals surface area contributed by atoms with Crippen molar-refractivity contribution in [2.45, 2.75) is 13.1 Å². The van der Waals surface area contributed by atoms with Gasteiger partial charge < -0.3 is 9.64 Å². The van der Waals surface area contributed by atoms with Crippen molar-refractivity contribution in [1.82, 2.24) is 39.0 Å². The van der Waals surface area contributed by atoms with Crippen LogP contribution in [0.2, 0.25) is 0 Å². The minimum absolute atomic E-state index is 0.130. The highest BCUT2D eigenvalue weighted by Gasteiger charge is 2.08. The van der Waals surface area contributed by atoms with Crippen LogP contribution in [-0.2, 0) is 13.1 Å². The van der Waals surface area contributed by atoms with E-state index >= 15 is 0 Å². The first-order chi connectivity index (χ1) is 25.9. The number of pyridine rings is 4. The largest absolute Gasteiger partial charge is 0.481 e. The highest BCUT2D eigenvalue weighted by molar-refractivity contribution is 5.73. The molecule has 0 unspecified atom stereocenters. The molecule has 6 aromatic heterocycles. The van der Waals surface area contributed by atoms with Crippen molar-refractivity contribution in [2.75, 3.05) is 26.1 Å². The Balaban J connectivity index is 0.000000164. The van der Waals surface area contributed by atoms with Crippen LogP contribution in [0, 0.1) is 0 Å². The zero-order valence-electron chi connectivity index (χ0n) is 29.4. The lowest BCUT2D eigenvalue weighted by molar-refractivity contribution is 0.398. The zero-order chi connectivity index (χ0) is 36.7. The standard InChI is InChI=1S/C21H19N5O.C20H16N4O2/c1-25(2)19-12-17(9-11-22-19)16-7-5-15(6-8-16)13-26-14-24-18-4-3-10-23-20(18)21(26)27;1-26-18-11-16(8-10-21-18)15-6-4-14(5-7-15)12-24-13-23-17-3-2-9-22-19(17)20(24)25/h3-12,14H,13H2,1-2H3;2-11,13H,12H2,1H3. The molecule has 0 aliphatic carbocycles. The van der Waals surface area contributed by atoms with Crippen molar-refractivity contribution in [3.8, 4) is 28.1 Å². The summed E-state index contributed by atoms with van der Waals surface area (Å²) in [6, 6.07) is 31.2. The van der Waals surface area contributed by atoms with Gasteiger partial charge in [0.05, 0.1) is 43.9 Å². The number of hydrogen-bond donors (Lipinski definition) is 0. The van der Waals surface area contributed by atoms with E-state index in [9.17, 15) is 9.59 Å². The maximum atomic E-state index is 12.6. The summed E-state index contributed by atoms with van der Waals surface area (Å²) in [7, 11) is 5.54. The van der Waals surface area contributed by atoms with Gasteiger partial charge in [0.2, 0.25) is 5.88 Å². The molecule has 0 bridgehead atoms. The molecule has 8 rings (SSSR count). The fraction of sp³-hybridized carbons (Fsp3) is 0.122. The summed E-state index contributed by atoms with van der Waals surface area (Å²) in [6.07, 6.45) is 9.89. The minimum Gasteiger partial charge on any atom is -0.481 e. The third-order valence-corrected chi connectivity index (χ3v) is 8.60. The predicted molar refractivity (Wildman–Crippen MR) is 206 cm³/mol. The molecule has 0 saturated heterocycles. The van der Waals surface area contributed by atoms with Gasteiger partial charge in [-0.15, -0.1) is 0 Å². The summed E-state index contributed by atoms with van der Waals surface area (Å²) in [5, 5.41) is 0. The van der Waals surface area contributed by atoms with Crippen LogP contribution in [-0.4, -0.2) is 60.2 Å². The van der Waals surface area contributed by atoms with E-state index in [-0.39, 0.29) is 11.1 Å². The zero-order valence-corrected chi connectivity index (χ0v) is 29.4. The van der Waals surface area contributed by atoms with Crippen molar-refractivity contribution in [3.63, 3.8) is 0 Å². The van der Waals surface area contributed by atoms with Gasteiger partial charge in [-0.2, -0.15) is 0 Å². The molecular formula is C41H35N9O3. The normalized spacial score (nSPS) is 10.8. The van der Waals surface area contributed by atoms with Crippen molar-refractivity contribution in [1.29, 1.82) is 0 Å². The number of anilines is 1. The third-order valence-electron chi connectivity index (χ3n) is 8.60. The number of aromatic nitrogens is 8. The van der Waals surface area contributed by atoms with E-state index in [4.69, 9.17) is 4.74 Å². The van der Waals surface area contributed by atoms with E-state index in [1.54, 1.807) is 71.8 Å². The van der Waals surface area contributed by atoms with Crippen LogP contribution in [0.4, 0.5) is 5.82 Å². The molecule has 0 radical (unpaired) electrons. The molecule has 53 heavy (non-hydrogen) atoms. The topological polar surface area (TPSA) is 134 Å². The van der Waals surface area contributed by atoms with Gasteiger partial charge in [0, 0.05) is 44.9 Å². The second-order valence-corrected chi connectivity index (χ2v) is 12.4. The van der Waals surface area contributed by atoms with Crippen LogP contribution in [0.5, 0.6) is 5.88 Å². The average Bonchev–Trinajstić information content (AvgIpc) is 3.21. The highest BCUT2D eigenvalue weighted by atomic mass is 16.5. The molecule has 12 nitrogen and oxygen atoms in total. The van der Waals surface area contributed by atoms with E-state index < -0.39 is 0 Å². The molecule has 12 heteroatoms. The summed E-state index contributed by atoms with van der Waals surface area (Å²) in [6.45, 7) is 0.899. The molecule has 0 fully saturated rings. The molecule has 8 aromatic rings. The number of rotatable bonds is 8. The van der Waals surface area contributed by atoms with Crippen molar-refractivity contribution >= 4 is 27.9 Å². The van der Waals surface area contributed by atoms with Gasteiger partial charge in [-0.3, -0.25) is 18.7 Å². The van der Waals surface area contributed by atoms with Crippen LogP contribution >= 0.6 is 0 Å². The maximum Gasteiger partial charge on any atom is 0.280 e. The van der Waals surface area contributed by atoms with Gasteiger partial charge in [-0.05, 0) is 75.8 Å². The summed E-state index contributed by atoms with van der Waals surface area (Å²) in [4.78, 5) is 52.5. The molecule has 0 atom stereocenters. The number of benzene rings is 2. The van der Waals surface area contributed by atoms with Gasteiger partial charge in [0.25, 0.3) is 11.1 Å². The number of fused-ring (bicyclic) bond motifs is 2. The summed E-state index contributed by atoms with van der Waals surface area (Å²) in [5.74, 6) is 1.49. The molecule has 6 heterocycles. The third kappa shape index (κ3) is 7.81. The van der Waals surface area contributed by atoms with Gasteiger partial charge in [-0.1, -0.05) is 48.5 Å². The Morgan fingerprint density at radius 1 is 0.547 bits per heavy atom. The lowest BCUT2D eigenvalue weighted by atomic mass is 10.0. The summed E-state index contributed by atoms with van der Waals surface area (Å²) in [5.41, 5.74) is 8.06. The smallest absolute Gasteiger partial charge is 0.280 e. The fourth-order valence-corrected chi connectivity index (χ4v) is 5.74. The average molecular weight is 702 g/mol. The van der Waals surface area contributed by atoms with E-state index in [1.165, 1.54) is 0 Å². The van der Waals surface area contributed by atoms with Crippen LogP contribution in [0.1, 0.15) is 11.1 Å². The molecule has 0 amide bonds. The van der Waals surface area contributed by atoms with Gasteiger partial charge >= 0.3 is 0 Å². The van der Waals surface area contributed by atoms with Crippen LogP contribution < -0.4 is 20.8 Å². The van der Waals surface area contributed by atoms with Crippen molar-refractivity contribution in [3.05, 3.63) is 166 Å². The van der Waals surface area contributed by atoms with Crippen LogP contribution in [0.3, 0.4) is 0 Å². The first-order valence-electron chi connectivity index (χ1n) is 16.8. The van der Waals surface area contributed by atoms with Crippen molar-refractivity contribution in [2.24, 2.45) is 0 Å². The van der Waals surface area contributed by atoms with Crippen molar-refractivity contribution < 1.29 is 4.74 Å². The fourth-order valence-electron chi connectivity index (χ4n) is 5.74. The van der Waals surface area contributed by atoms with Gasteiger partial charge in [0.1, 0.15) is 5.82 Å². The Bertz CT molecular complexity index is 2640. The maximum absolute atomic E-state index is 12.6. The molecular weight excluding hydrogens is 667 g/mol. The SMILES string of the molecule is CN(C)c1cc(-c2ccc(Cn3cnc4cccnc4c3=O)cc2)ccn1.COc1cc(-c2ccc(Cn3cnc4cccnc4c3=O)cc2)ccn1. The molecule has 0 aliphatic heterocycles. The molecule has 262 valence electrons. The molecule has 0 aliphatic rings. The Morgan fingerprint density at radius 3 is 1.53 bits per heavy atom. The van der Waals surface area contributed by atoms with Crippen LogP contribution in [0.25, 0.3) is 44.3 Å². The highest BCUT2D eigenvalue weighted by Crippen LogP contribution is 2.24. The molecule has 0 spiro atoms. The first kappa shape index (κ1) is 34.4. The lowest BCUT2D eigenvalue weighted by Gasteiger charge is -2.12. The minimum atomic E-state index is -0.140. The Kier molecular flexibility index (Phi) is 10.0. The summed E-state index contributed by atoms with van der Waals surface area (Å²) >= 11 is 0. The second-order valence-electron chi connectivity index (χ2n) is 12.4. The van der Waals surface area contributed by atoms with Crippen LogP contribution in [0.15, 0.2) is 144 Å². The van der Waals surface area contributed by atoms with E-state index in [1.807, 2.05) is 79.8 Å². The predicted octanol–water partition coefficient (Wildman–Crippen LogP) is 5.88. The summed E-state index contributed by atoms with van der Waals surface area (Å²) < 4.78 is 8.32. The quantitative estimate of drug-likeness (QED) is 0.189. The monoisotopic (exact) mass is 701 g/mol. The Labute approximate surface area is 304 Å². The number of methoxy groups -OCH3 is 1. The van der Waals surface area contributed by atoms with E-state index in [0.717, 1.165) is 39.2 Å². The molecule has 0 N–H and O–H groups in total. The second kappa shape index (κ2) is 15.4. The number of hydrogen-bond acceptors (Lipinski definition) is 10. The van der Waals surface area contributed by atoms with Gasteiger partial charge in [0.15, 0.2) is 11.0 Å².